The van der Waals surface area contributed by atoms with Crippen LogP contribution in [0.3, 0.4) is 0 Å². The number of nitrogen functional groups attached to an aromatic ring is 2. The fourth-order valence-electron chi connectivity index (χ4n) is 1.02. The maximum Gasteiger partial charge on any atom is 0.339 e. The van der Waals surface area contributed by atoms with Crippen molar-refractivity contribution in [1.82, 2.24) is 0 Å². The van der Waals surface area contributed by atoms with Crippen LogP contribution in [0.2, 0.25) is 0 Å². The number of carbonyl (C=O) groups is 2. The Hall–Kier alpha value is -2.24. The molecule has 80 valence electrons. The summed E-state index contributed by atoms with van der Waals surface area (Å²) in [6.07, 6.45) is 0. The number of ether oxygens (including phenoxy) is 1. The monoisotopic (exact) mass is 210 g/mol. The van der Waals surface area contributed by atoms with Crippen LogP contribution in [-0.4, -0.2) is 17.0 Å². The van der Waals surface area contributed by atoms with Crippen molar-refractivity contribution in [3.05, 3.63) is 17.7 Å². The number of carboxylic acids is 1. The number of hydrogen-bond donors (Lipinski definition) is 3. The minimum absolute atomic E-state index is 0.110. The molecular formula is C9H10N2O4. The zero-order chi connectivity index (χ0) is 11.6. The average Bonchev–Trinajstić information content (AvgIpc) is 2.09. The second-order valence-electron chi connectivity index (χ2n) is 2.88. The second kappa shape index (κ2) is 3.87. The highest BCUT2D eigenvalue weighted by atomic mass is 16.5. The molecule has 0 atom stereocenters. The van der Waals surface area contributed by atoms with Crippen LogP contribution in [0.1, 0.15) is 17.3 Å². The third-order valence-electron chi connectivity index (χ3n) is 1.67. The van der Waals surface area contributed by atoms with Gasteiger partial charge in [0.2, 0.25) is 0 Å². The molecule has 0 amide bonds. The van der Waals surface area contributed by atoms with E-state index in [1.54, 1.807) is 0 Å². The molecule has 0 heterocycles. The van der Waals surface area contributed by atoms with E-state index < -0.39 is 11.9 Å². The highest BCUT2D eigenvalue weighted by Crippen LogP contribution is 2.27. The predicted octanol–water partition coefficient (Wildman–Crippen LogP) is 0.475. The van der Waals surface area contributed by atoms with Crippen LogP contribution < -0.4 is 16.2 Å². The van der Waals surface area contributed by atoms with Gasteiger partial charge < -0.3 is 21.3 Å². The van der Waals surface area contributed by atoms with E-state index in [0.29, 0.717) is 0 Å². The number of rotatable bonds is 2. The maximum absolute atomic E-state index is 10.8. The van der Waals surface area contributed by atoms with E-state index in [-0.39, 0.29) is 22.7 Å². The fraction of sp³-hybridized carbons (Fsp3) is 0.111. The lowest BCUT2D eigenvalue weighted by Crippen LogP contribution is -2.09. The zero-order valence-corrected chi connectivity index (χ0v) is 7.98. The van der Waals surface area contributed by atoms with E-state index in [4.69, 9.17) is 16.6 Å². The lowest BCUT2D eigenvalue weighted by Gasteiger charge is -2.08. The molecule has 1 aromatic rings. The van der Waals surface area contributed by atoms with Crippen LogP contribution in [-0.2, 0) is 4.79 Å². The van der Waals surface area contributed by atoms with E-state index in [0.717, 1.165) is 13.0 Å². The van der Waals surface area contributed by atoms with E-state index >= 15 is 0 Å². The van der Waals surface area contributed by atoms with Crippen LogP contribution in [0.4, 0.5) is 11.4 Å². The summed E-state index contributed by atoms with van der Waals surface area (Å²) in [6, 6.07) is 2.36. The molecule has 0 spiro atoms. The lowest BCUT2D eigenvalue weighted by atomic mass is 10.1. The molecule has 0 radical (unpaired) electrons. The number of esters is 1. The van der Waals surface area contributed by atoms with Crippen LogP contribution in [0.25, 0.3) is 0 Å². The van der Waals surface area contributed by atoms with Gasteiger partial charge >= 0.3 is 11.9 Å². The molecule has 1 aromatic carbocycles. The highest BCUT2D eigenvalue weighted by Gasteiger charge is 2.15. The van der Waals surface area contributed by atoms with Crippen LogP contribution >= 0.6 is 0 Å². The third-order valence-corrected chi connectivity index (χ3v) is 1.67. The number of anilines is 2. The van der Waals surface area contributed by atoms with Gasteiger partial charge in [-0.1, -0.05) is 0 Å². The average molecular weight is 210 g/mol. The smallest absolute Gasteiger partial charge is 0.339 e. The first kappa shape index (κ1) is 10.8. The molecule has 0 bridgehead atoms. The van der Waals surface area contributed by atoms with Gasteiger partial charge in [0.05, 0.1) is 11.4 Å². The predicted molar refractivity (Wildman–Crippen MR) is 53.5 cm³/mol. The first-order valence-electron chi connectivity index (χ1n) is 4.02. The van der Waals surface area contributed by atoms with Crippen molar-refractivity contribution in [2.75, 3.05) is 11.5 Å². The largest absolute Gasteiger partial charge is 0.478 e. The molecule has 0 aromatic heterocycles. The normalized spacial score (nSPS) is 9.67. The van der Waals surface area contributed by atoms with Crippen molar-refractivity contribution in [3.8, 4) is 5.75 Å². The molecular weight excluding hydrogens is 200 g/mol. The van der Waals surface area contributed by atoms with Gasteiger partial charge in [0.15, 0.2) is 0 Å². The minimum atomic E-state index is -1.24. The molecule has 6 heteroatoms. The topological polar surface area (TPSA) is 116 Å². The van der Waals surface area contributed by atoms with E-state index in [2.05, 4.69) is 4.74 Å². The summed E-state index contributed by atoms with van der Waals surface area (Å²) in [7, 11) is 0. The Morgan fingerprint density at radius 3 is 2.27 bits per heavy atom. The Morgan fingerprint density at radius 1 is 1.27 bits per heavy atom. The Labute approximate surface area is 85.4 Å². The molecule has 0 saturated heterocycles. The molecule has 1 rings (SSSR count). The summed E-state index contributed by atoms with van der Waals surface area (Å²) in [6.45, 7) is 1.16. The number of carbonyl (C=O) groups excluding carboxylic acids is 1. The summed E-state index contributed by atoms with van der Waals surface area (Å²) >= 11 is 0. The van der Waals surface area contributed by atoms with Crippen LogP contribution in [0, 0.1) is 0 Å². The van der Waals surface area contributed by atoms with Crippen molar-refractivity contribution in [3.63, 3.8) is 0 Å². The van der Waals surface area contributed by atoms with E-state index in [9.17, 15) is 9.59 Å². The van der Waals surface area contributed by atoms with Crippen LogP contribution in [0.5, 0.6) is 5.75 Å². The molecule has 0 aliphatic rings. The molecule has 6 nitrogen and oxygen atoms in total. The summed E-state index contributed by atoms with van der Waals surface area (Å²) in [5.74, 6) is -1.97. The molecule has 15 heavy (non-hydrogen) atoms. The van der Waals surface area contributed by atoms with Crippen molar-refractivity contribution in [2.24, 2.45) is 0 Å². The molecule has 5 N–H and O–H groups in total. The van der Waals surface area contributed by atoms with Gasteiger partial charge in [-0.15, -0.1) is 0 Å². The number of carboxylic acid groups (broad SMARTS) is 1. The highest BCUT2D eigenvalue weighted by molar-refractivity contribution is 5.94. The van der Waals surface area contributed by atoms with E-state index in [1.165, 1.54) is 6.07 Å². The fourth-order valence-corrected chi connectivity index (χ4v) is 1.02. The van der Waals surface area contributed by atoms with Gasteiger partial charge in [-0.2, -0.15) is 0 Å². The van der Waals surface area contributed by atoms with Gasteiger partial charge in [0.1, 0.15) is 11.3 Å². The molecule has 0 saturated carbocycles. The third kappa shape index (κ3) is 2.37. The minimum Gasteiger partial charge on any atom is -0.478 e. The SMILES string of the molecule is CC(=O)Oc1cc(N)c(N)cc1C(=O)O. The zero-order valence-electron chi connectivity index (χ0n) is 7.98. The molecule has 0 aliphatic heterocycles. The Bertz CT molecular complexity index is 428. The molecule has 0 fully saturated rings. The second-order valence-corrected chi connectivity index (χ2v) is 2.88. The standard InChI is InChI=1S/C9H10N2O4/c1-4(12)15-8-3-7(11)6(10)2-5(8)9(13)14/h2-3H,10-11H2,1H3,(H,13,14). The number of hydrogen-bond acceptors (Lipinski definition) is 5. The Kier molecular flexibility index (Phi) is 2.80. The summed E-state index contributed by atoms with van der Waals surface area (Å²) < 4.78 is 4.69. The first-order chi connectivity index (χ1) is 6.91. The summed E-state index contributed by atoms with van der Waals surface area (Å²) in [5, 5.41) is 8.81. The van der Waals surface area contributed by atoms with Gasteiger partial charge in [-0.05, 0) is 6.07 Å². The van der Waals surface area contributed by atoms with Crippen molar-refractivity contribution in [2.45, 2.75) is 6.92 Å². The summed E-state index contributed by atoms with van der Waals surface area (Å²) in [5.41, 5.74) is 11.0. The molecule has 0 unspecified atom stereocenters. The van der Waals surface area contributed by atoms with Crippen molar-refractivity contribution < 1.29 is 19.4 Å². The van der Waals surface area contributed by atoms with E-state index in [1.807, 2.05) is 0 Å². The van der Waals surface area contributed by atoms with Crippen LogP contribution in [0.15, 0.2) is 12.1 Å². The Morgan fingerprint density at radius 2 is 1.80 bits per heavy atom. The first-order valence-corrected chi connectivity index (χ1v) is 4.02. The Balaban J connectivity index is 3.28. The van der Waals surface area contributed by atoms with Gasteiger partial charge in [-0.25, -0.2) is 4.79 Å². The maximum atomic E-state index is 10.8. The summed E-state index contributed by atoms with van der Waals surface area (Å²) in [4.78, 5) is 21.5. The number of nitrogens with two attached hydrogens (primary N) is 2. The molecule has 0 aliphatic carbocycles. The van der Waals surface area contributed by atoms with Gasteiger partial charge in [-0.3, -0.25) is 4.79 Å². The van der Waals surface area contributed by atoms with Gasteiger partial charge in [0, 0.05) is 13.0 Å². The number of benzene rings is 1. The number of aromatic carboxylic acids is 1. The lowest BCUT2D eigenvalue weighted by molar-refractivity contribution is -0.131. The van der Waals surface area contributed by atoms with Crippen molar-refractivity contribution >= 4 is 23.3 Å². The van der Waals surface area contributed by atoms with Gasteiger partial charge in [0.25, 0.3) is 0 Å². The van der Waals surface area contributed by atoms with Crippen molar-refractivity contribution in [1.29, 1.82) is 0 Å². The quantitative estimate of drug-likeness (QED) is 0.371.